The Kier molecular flexibility index (Phi) is 4.93. The Labute approximate surface area is 130 Å². The number of hydrogen-bond acceptors (Lipinski definition) is 3. The van der Waals surface area contributed by atoms with Crippen molar-refractivity contribution in [3.8, 4) is 5.75 Å². The van der Waals surface area contributed by atoms with Gasteiger partial charge in [-0.15, -0.1) is 0 Å². The summed E-state index contributed by atoms with van der Waals surface area (Å²) in [6.45, 7) is 5.30. The number of carbonyl (C=O) groups excluding carboxylic acids is 1. The summed E-state index contributed by atoms with van der Waals surface area (Å²) in [5.41, 5.74) is 8.95. The molecular weight excluding hydrogens is 280 g/mol. The van der Waals surface area contributed by atoms with Gasteiger partial charge in [0.25, 0.3) is 0 Å². The number of amides is 1. The van der Waals surface area contributed by atoms with E-state index in [0.717, 1.165) is 11.3 Å². The van der Waals surface area contributed by atoms with Gasteiger partial charge < -0.3 is 9.64 Å². The molecule has 22 heavy (non-hydrogen) atoms. The maximum atomic E-state index is 13.0. The van der Waals surface area contributed by atoms with E-state index >= 15 is 0 Å². The Balaban J connectivity index is 2.38. The summed E-state index contributed by atoms with van der Waals surface area (Å²) in [4.78, 5) is 17.7. The molecule has 0 aromatic heterocycles. The average Bonchev–Trinajstić information content (AvgIpc) is 2.51. The van der Waals surface area contributed by atoms with Crippen molar-refractivity contribution in [2.75, 3.05) is 20.2 Å². The highest BCUT2D eigenvalue weighted by Gasteiger charge is 2.52. The van der Waals surface area contributed by atoms with E-state index in [4.69, 9.17) is 10.3 Å². The molecule has 2 rings (SSSR count). The van der Waals surface area contributed by atoms with E-state index in [9.17, 15) is 4.79 Å². The van der Waals surface area contributed by atoms with Gasteiger partial charge in [0.2, 0.25) is 5.91 Å². The molecule has 1 fully saturated rings. The first kappa shape index (κ1) is 16.2. The van der Waals surface area contributed by atoms with Crippen LogP contribution in [0.2, 0.25) is 0 Å². The average molecular weight is 302 g/mol. The van der Waals surface area contributed by atoms with Crippen LogP contribution in [0.5, 0.6) is 5.75 Å². The molecule has 0 radical (unpaired) electrons. The maximum Gasteiger partial charge on any atom is 0.233 e. The third-order valence-electron chi connectivity index (χ3n) is 4.47. The largest absolute Gasteiger partial charge is 0.497 e. The summed E-state index contributed by atoms with van der Waals surface area (Å²) in [5.74, 6) is 0.839. The van der Waals surface area contributed by atoms with Crippen LogP contribution >= 0.6 is 0 Å². The number of nitrogens with zero attached hydrogens (tertiary/aromatic N) is 4. The lowest BCUT2D eigenvalue weighted by Gasteiger charge is -2.47. The smallest absolute Gasteiger partial charge is 0.233 e. The zero-order chi connectivity index (χ0) is 16.2. The van der Waals surface area contributed by atoms with Crippen LogP contribution in [-0.2, 0) is 10.2 Å². The van der Waals surface area contributed by atoms with Crippen molar-refractivity contribution in [1.82, 2.24) is 4.90 Å². The number of methoxy groups -OCH3 is 1. The molecule has 1 saturated carbocycles. The monoisotopic (exact) mass is 302 g/mol. The van der Waals surface area contributed by atoms with Gasteiger partial charge in [0, 0.05) is 24.0 Å². The molecule has 0 N–H and O–H groups in total. The zero-order valence-corrected chi connectivity index (χ0v) is 13.3. The lowest BCUT2D eigenvalue weighted by atomic mass is 9.61. The second-order valence-corrected chi connectivity index (χ2v) is 5.56. The molecule has 0 saturated heterocycles. The van der Waals surface area contributed by atoms with Crippen LogP contribution in [0.1, 0.15) is 32.3 Å². The number of likely N-dealkylation sites (N-methyl/N-ethyl adjacent to an activating group) is 1. The van der Waals surface area contributed by atoms with Crippen molar-refractivity contribution in [1.29, 1.82) is 0 Å². The Hall–Kier alpha value is -2.20. The molecule has 6 nitrogen and oxygen atoms in total. The highest BCUT2D eigenvalue weighted by atomic mass is 16.5. The molecular formula is C16H22N4O2. The zero-order valence-electron chi connectivity index (χ0n) is 13.3. The predicted octanol–water partition coefficient (Wildman–Crippen LogP) is 3.27. The molecule has 0 spiro atoms. The fourth-order valence-corrected chi connectivity index (χ4v) is 3.17. The highest BCUT2D eigenvalue weighted by molar-refractivity contribution is 5.90. The summed E-state index contributed by atoms with van der Waals surface area (Å²) in [7, 11) is 1.61. The summed E-state index contributed by atoms with van der Waals surface area (Å²) >= 11 is 0. The fourth-order valence-electron chi connectivity index (χ4n) is 3.17. The summed E-state index contributed by atoms with van der Waals surface area (Å²) in [6.07, 6.45) is 1.11. The number of ether oxygens (including phenoxy) is 1. The lowest BCUT2D eigenvalue weighted by molar-refractivity contribution is -0.141. The standard InChI is InChI=1S/C16H22N4O2/c1-4-20(5-2)15(21)16(10-13(11-16)18-19-17)12-7-6-8-14(9-12)22-3/h6-9,13H,4-5,10-11H2,1-3H3. The molecule has 1 aliphatic carbocycles. The molecule has 6 heteroatoms. The van der Waals surface area contributed by atoms with Crippen LogP contribution in [-0.4, -0.2) is 37.0 Å². The van der Waals surface area contributed by atoms with Gasteiger partial charge in [-0.2, -0.15) is 0 Å². The number of benzene rings is 1. The molecule has 1 aliphatic rings. The molecule has 0 unspecified atom stereocenters. The maximum absolute atomic E-state index is 13.0. The Morgan fingerprint density at radius 2 is 2.14 bits per heavy atom. The van der Waals surface area contributed by atoms with Gasteiger partial charge in [0.05, 0.1) is 12.5 Å². The second-order valence-electron chi connectivity index (χ2n) is 5.56. The first-order valence-corrected chi connectivity index (χ1v) is 7.59. The minimum Gasteiger partial charge on any atom is -0.497 e. The van der Waals surface area contributed by atoms with Crippen molar-refractivity contribution in [3.05, 3.63) is 40.3 Å². The molecule has 1 aromatic carbocycles. The van der Waals surface area contributed by atoms with Gasteiger partial charge in [-0.1, -0.05) is 17.2 Å². The minimum absolute atomic E-state index is 0.107. The molecule has 0 atom stereocenters. The quantitative estimate of drug-likeness (QED) is 0.459. The topological polar surface area (TPSA) is 78.3 Å². The number of hydrogen-bond donors (Lipinski definition) is 0. The van der Waals surface area contributed by atoms with Gasteiger partial charge in [-0.3, -0.25) is 4.79 Å². The van der Waals surface area contributed by atoms with E-state index in [1.54, 1.807) is 7.11 Å². The van der Waals surface area contributed by atoms with Crippen molar-refractivity contribution in [3.63, 3.8) is 0 Å². The van der Waals surface area contributed by atoms with E-state index in [0.29, 0.717) is 25.9 Å². The van der Waals surface area contributed by atoms with Crippen LogP contribution < -0.4 is 4.74 Å². The first-order chi connectivity index (χ1) is 10.6. The Morgan fingerprint density at radius 1 is 1.45 bits per heavy atom. The third kappa shape index (κ3) is 2.74. The van der Waals surface area contributed by atoms with E-state index < -0.39 is 5.41 Å². The molecule has 1 amide bonds. The Morgan fingerprint density at radius 3 is 2.68 bits per heavy atom. The number of carbonyl (C=O) groups is 1. The van der Waals surface area contributed by atoms with Crippen LogP contribution in [0, 0.1) is 0 Å². The second kappa shape index (κ2) is 6.71. The van der Waals surface area contributed by atoms with E-state index in [1.165, 1.54) is 0 Å². The number of rotatable bonds is 6. The lowest BCUT2D eigenvalue weighted by Crippen LogP contribution is -2.55. The summed E-state index contributed by atoms with van der Waals surface area (Å²) in [6, 6.07) is 7.51. The van der Waals surface area contributed by atoms with Crippen LogP contribution in [0.15, 0.2) is 29.4 Å². The molecule has 118 valence electrons. The van der Waals surface area contributed by atoms with E-state index in [2.05, 4.69) is 10.0 Å². The van der Waals surface area contributed by atoms with Crippen LogP contribution in [0.4, 0.5) is 0 Å². The van der Waals surface area contributed by atoms with Gasteiger partial charge in [0.1, 0.15) is 5.75 Å². The van der Waals surface area contributed by atoms with Crippen molar-refractivity contribution in [2.45, 2.75) is 38.1 Å². The van der Waals surface area contributed by atoms with Gasteiger partial charge in [0.15, 0.2) is 0 Å². The van der Waals surface area contributed by atoms with E-state index in [1.807, 2.05) is 43.0 Å². The van der Waals surface area contributed by atoms with Gasteiger partial charge >= 0.3 is 0 Å². The van der Waals surface area contributed by atoms with Crippen LogP contribution in [0.3, 0.4) is 0 Å². The van der Waals surface area contributed by atoms with Gasteiger partial charge in [-0.25, -0.2) is 0 Å². The molecule has 0 heterocycles. The van der Waals surface area contributed by atoms with E-state index in [-0.39, 0.29) is 11.9 Å². The van der Waals surface area contributed by atoms with Crippen molar-refractivity contribution in [2.24, 2.45) is 5.11 Å². The summed E-state index contributed by atoms with van der Waals surface area (Å²) < 4.78 is 5.28. The molecule has 0 aliphatic heterocycles. The first-order valence-electron chi connectivity index (χ1n) is 7.59. The fraction of sp³-hybridized carbons (Fsp3) is 0.562. The van der Waals surface area contributed by atoms with Crippen molar-refractivity contribution >= 4 is 5.91 Å². The minimum atomic E-state index is -0.598. The molecule has 0 bridgehead atoms. The van der Waals surface area contributed by atoms with Crippen molar-refractivity contribution < 1.29 is 9.53 Å². The predicted molar refractivity (Wildman–Crippen MR) is 84.8 cm³/mol. The summed E-state index contributed by atoms with van der Waals surface area (Å²) in [5, 5.41) is 3.77. The normalized spacial score (nSPS) is 23.1. The molecule has 1 aromatic rings. The SMILES string of the molecule is CCN(CC)C(=O)C1(c2cccc(OC)c2)CC(N=[N+]=[N-])C1. The van der Waals surface area contributed by atoms with Gasteiger partial charge in [-0.05, 0) is 49.9 Å². The highest BCUT2D eigenvalue weighted by Crippen LogP contribution is 2.47. The third-order valence-corrected chi connectivity index (χ3v) is 4.47. The number of azide groups is 1. The van der Waals surface area contributed by atoms with Crippen LogP contribution in [0.25, 0.3) is 10.4 Å². The Bertz CT molecular complexity index is 586.